The quantitative estimate of drug-likeness (QED) is 0.756. The lowest BCUT2D eigenvalue weighted by molar-refractivity contribution is -0.141. The molecular weight excluding hydrogens is 270 g/mol. The zero-order chi connectivity index (χ0) is 15.8. The van der Waals surface area contributed by atoms with Gasteiger partial charge in [0, 0.05) is 11.6 Å². The predicted octanol–water partition coefficient (Wildman–Crippen LogP) is 2.39. The number of hydrogen-bond donors (Lipinski definition) is 2. The largest absolute Gasteiger partial charge is 0.496 e. The van der Waals surface area contributed by atoms with Crippen LogP contribution < -0.4 is 10.1 Å². The fourth-order valence-corrected chi connectivity index (χ4v) is 1.92. The molecule has 5 nitrogen and oxygen atoms in total. The van der Waals surface area contributed by atoms with Crippen LogP contribution in [-0.2, 0) is 9.59 Å². The molecule has 0 aliphatic heterocycles. The lowest BCUT2D eigenvalue weighted by atomic mass is 10.1. The monoisotopic (exact) mass is 291 g/mol. The number of aryl methyl sites for hydroxylation is 1. The van der Waals surface area contributed by atoms with E-state index in [0.29, 0.717) is 18.6 Å². The number of carboxylic acids is 1. The molecule has 0 unspecified atom stereocenters. The summed E-state index contributed by atoms with van der Waals surface area (Å²) in [6.07, 6.45) is 4.03. The average molecular weight is 291 g/mol. The Balaban J connectivity index is 2.78. The van der Waals surface area contributed by atoms with Crippen LogP contribution in [0.4, 0.5) is 0 Å². The van der Waals surface area contributed by atoms with Crippen molar-refractivity contribution in [1.29, 1.82) is 0 Å². The van der Waals surface area contributed by atoms with Crippen LogP contribution >= 0.6 is 0 Å². The lowest BCUT2D eigenvalue weighted by Crippen LogP contribution is -2.39. The number of nitrogens with one attached hydrogen (secondary N) is 1. The van der Waals surface area contributed by atoms with Crippen LogP contribution in [0.25, 0.3) is 6.08 Å². The van der Waals surface area contributed by atoms with Gasteiger partial charge in [0.15, 0.2) is 0 Å². The second-order valence-corrected chi connectivity index (χ2v) is 4.77. The number of aliphatic carboxylic acids is 1. The Bertz CT molecular complexity index is 537. The van der Waals surface area contributed by atoms with E-state index in [1.165, 1.54) is 6.08 Å². The van der Waals surface area contributed by atoms with Crippen molar-refractivity contribution in [3.05, 3.63) is 35.4 Å². The summed E-state index contributed by atoms with van der Waals surface area (Å²) in [7, 11) is 1.56. The summed E-state index contributed by atoms with van der Waals surface area (Å²) in [5, 5.41) is 11.5. The number of carbonyl (C=O) groups is 2. The highest BCUT2D eigenvalue weighted by Crippen LogP contribution is 2.20. The summed E-state index contributed by atoms with van der Waals surface area (Å²) in [6.45, 7) is 3.81. The van der Waals surface area contributed by atoms with Gasteiger partial charge >= 0.3 is 5.97 Å². The molecule has 0 fully saturated rings. The van der Waals surface area contributed by atoms with Crippen molar-refractivity contribution in [2.24, 2.45) is 0 Å². The Kier molecular flexibility index (Phi) is 6.46. The summed E-state index contributed by atoms with van der Waals surface area (Å²) < 4.78 is 5.21. The van der Waals surface area contributed by atoms with Crippen LogP contribution in [-0.4, -0.2) is 30.1 Å². The van der Waals surface area contributed by atoms with Gasteiger partial charge in [-0.3, -0.25) is 4.79 Å². The molecule has 114 valence electrons. The van der Waals surface area contributed by atoms with Gasteiger partial charge in [0.2, 0.25) is 5.91 Å². The van der Waals surface area contributed by atoms with Crippen molar-refractivity contribution in [3.63, 3.8) is 0 Å². The SMILES string of the molecule is CCC[C@@H](NC(=O)/C=C/c1cc(C)ccc1OC)C(=O)O. The highest BCUT2D eigenvalue weighted by atomic mass is 16.5. The average Bonchev–Trinajstić information content (AvgIpc) is 2.44. The Morgan fingerprint density at radius 3 is 2.71 bits per heavy atom. The first-order valence-electron chi connectivity index (χ1n) is 6.84. The lowest BCUT2D eigenvalue weighted by Gasteiger charge is -2.11. The molecule has 0 bridgehead atoms. The number of rotatable bonds is 7. The first-order valence-corrected chi connectivity index (χ1v) is 6.84. The van der Waals surface area contributed by atoms with Crippen molar-refractivity contribution in [2.45, 2.75) is 32.7 Å². The maximum Gasteiger partial charge on any atom is 0.326 e. The number of hydrogen-bond acceptors (Lipinski definition) is 3. The second-order valence-electron chi connectivity index (χ2n) is 4.77. The van der Waals surface area contributed by atoms with E-state index in [4.69, 9.17) is 9.84 Å². The van der Waals surface area contributed by atoms with Crippen LogP contribution in [0.1, 0.15) is 30.9 Å². The molecule has 5 heteroatoms. The van der Waals surface area contributed by atoms with E-state index >= 15 is 0 Å². The van der Waals surface area contributed by atoms with Gasteiger partial charge < -0.3 is 15.2 Å². The standard InChI is InChI=1S/C16H21NO4/c1-4-5-13(16(19)20)17-15(18)9-7-12-10-11(2)6-8-14(12)21-3/h6-10,13H,4-5H2,1-3H3,(H,17,18)(H,19,20)/b9-7+/t13-/m1/s1. The molecule has 21 heavy (non-hydrogen) atoms. The van der Waals surface area contributed by atoms with Crippen LogP contribution in [0, 0.1) is 6.92 Å². The molecule has 1 aromatic rings. The summed E-state index contributed by atoms with van der Waals surface area (Å²) in [5.74, 6) is -0.792. The van der Waals surface area contributed by atoms with E-state index in [1.54, 1.807) is 13.2 Å². The highest BCUT2D eigenvalue weighted by molar-refractivity contribution is 5.94. The molecule has 2 N–H and O–H groups in total. The van der Waals surface area contributed by atoms with Crippen molar-refractivity contribution in [3.8, 4) is 5.75 Å². The topological polar surface area (TPSA) is 75.6 Å². The Morgan fingerprint density at radius 1 is 1.43 bits per heavy atom. The minimum absolute atomic E-state index is 0.405. The Hall–Kier alpha value is -2.30. The van der Waals surface area contributed by atoms with Gasteiger partial charge in [0.25, 0.3) is 0 Å². The molecular formula is C16H21NO4. The maximum atomic E-state index is 11.8. The molecule has 0 aromatic heterocycles. The number of methoxy groups -OCH3 is 1. The van der Waals surface area contributed by atoms with Crippen molar-refractivity contribution >= 4 is 18.0 Å². The van der Waals surface area contributed by atoms with Crippen molar-refractivity contribution in [2.75, 3.05) is 7.11 Å². The summed E-state index contributed by atoms with van der Waals surface area (Å²) >= 11 is 0. The summed E-state index contributed by atoms with van der Waals surface area (Å²) in [5.41, 5.74) is 1.82. The fourth-order valence-electron chi connectivity index (χ4n) is 1.92. The highest BCUT2D eigenvalue weighted by Gasteiger charge is 2.17. The molecule has 1 amide bonds. The smallest absolute Gasteiger partial charge is 0.326 e. The maximum absolute atomic E-state index is 11.8. The molecule has 0 saturated carbocycles. The third-order valence-electron chi connectivity index (χ3n) is 2.99. The molecule has 1 atom stereocenters. The third-order valence-corrected chi connectivity index (χ3v) is 2.99. The molecule has 0 radical (unpaired) electrons. The number of carboxylic acid groups (broad SMARTS) is 1. The first kappa shape index (κ1) is 16.8. The van der Waals surface area contributed by atoms with Crippen LogP contribution in [0.2, 0.25) is 0 Å². The van der Waals surface area contributed by atoms with E-state index < -0.39 is 17.9 Å². The predicted molar refractivity (Wildman–Crippen MR) is 81.2 cm³/mol. The zero-order valence-corrected chi connectivity index (χ0v) is 12.6. The molecule has 1 rings (SSSR count). The van der Waals surface area contributed by atoms with E-state index in [0.717, 1.165) is 11.1 Å². The van der Waals surface area contributed by atoms with Gasteiger partial charge in [-0.1, -0.05) is 25.0 Å². The molecule has 0 spiro atoms. The van der Waals surface area contributed by atoms with E-state index in [2.05, 4.69) is 5.32 Å². The Morgan fingerprint density at radius 2 is 2.14 bits per heavy atom. The number of amides is 1. The first-order chi connectivity index (χ1) is 9.97. The van der Waals surface area contributed by atoms with Crippen molar-refractivity contribution < 1.29 is 19.4 Å². The van der Waals surface area contributed by atoms with Gasteiger partial charge in [-0.15, -0.1) is 0 Å². The van der Waals surface area contributed by atoms with Gasteiger partial charge in [0.05, 0.1) is 7.11 Å². The van der Waals surface area contributed by atoms with E-state index in [9.17, 15) is 9.59 Å². The number of benzene rings is 1. The summed E-state index contributed by atoms with van der Waals surface area (Å²) in [6, 6.07) is 4.78. The molecule has 0 heterocycles. The van der Waals surface area contributed by atoms with Crippen LogP contribution in [0.15, 0.2) is 24.3 Å². The minimum Gasteiger partial charge on any atom is -0.496 e. The van der Waals surface area contributed by atoms with Gasteiger partial charge in [-0.25, -0.2) is 4.79 Å². The number of carbonyl (C=O) groups excluding carboxylic acids is 1. The van der Waals surface area contributed by atoms with Gasteiger partial charge in [-0.05, 0) is 31.6 Å². The zero-order valence-electron chi connectivity index (χ0n) is 12.6. The molecule has 0 aliphatic carbocycles. The molecule has 0 aliphatic rings. The van der Waals surface area contributed by atoms with Crippen LogP contribution in [0.3, 0.4) is 0 Å². The van der Waals surface area contributed by atoms with Crippen LogP contribution in [0.5, 0.6) is 5.75 Å². The van der Waals surface area contributed by atoms with E-state index in [1.807, 2.05) is 32.0 Å². The number of ether oxygens (including phenoxy) is 1. The van der Waals surface area contributed by atoms with Crippen molar-refractivity contribution in [1.82, 2.24) is 5.32 Å². The van der Waals surface area contributed by atoms with Gasteiger partial charge in [-0.2, -0.15) is 0 Å². The Labute approximate surface area is 124 Å². The summed E-state index contributed by atoms with van der Waals surface area (Å²) in [4.78, 5) is 22.8. The molecule has 0 saturated heterocycles. The second kappa shape index (κ2) is 8.09. The van der Waals surface area contributed by atoms with Gasteiger partial charge in [0.1, 0.15) is 11.8 Å². The van der Waals surface area contributed by atoms with E-state index in [-0.39, 0.29) is 0 Å². The normalized spacial score (nSPS) is 12.1. The molecule has 1 aromatic carbocycles. The fraction of sp³-hybridized carbons (Fsp3) is 0.375. The third kappa shape index (κ3) is 5.30. The minimum atomic E-state index is -1.02.